The first kappa shape index (κ1) is 11.2. The monoisotopic (exact) mass is 268 g/mol. The van der Waals surface area contributed by atoms with Crippen LogP contribution >= 0.6 is 15.9 Å². The van der Waals surface area contributed by atoms with Crippen LogP contribution in [0.3, 0.4) is 0 Å². The van der Waals surface area contributed by atoms with Crippen LogP contribution in [0, 0.1) is 0 Å². The molecule has 76 valence electrons. The van der Waals surface area contributed by atoms with Gasteiger partial charge in [-0.2, -0.15) is 17.4 Å². The highest BCUT2D eigenvalue weighted by atomic mass is 79.9. The van der Waals surface area contributed by atoms with E-state index in [1.54, 1.807) is 0 Å². The fourth-order valence-electron chi connectivity index (χ4n) is 1.19. The minimum absolute atomic E-state index is 0.249. The topological polar surface area (TPSA) is 49.4 Å². The number of nitrogens with zero attached hydrogens (tertiary/aromatic N) is 1. The first-order valence-corrected chi connectivity index (χ1v) is 6.34. The molecule has 1 saturated heterocycles. The van der Waals surface area contributed by atoms with Crippen molar-refractivity contribution in [1.29, 1.82) is 0 Å². The molecule has 4 nitrogen and oxygen atoms in total. The maximum Gasteiger partial charge on any atom is 0.279 e. The molecule has 1 aliphatic rings. The molecule has 0 aliphatic carbocycles. The number of hydrogen-bond donors (Lipinski definition) is 1. The molecule has 0 aromatic rings. The SMILES string of the molecule is C=C(Br)CNS(=O)(=O)N1CCCC1. The molecule has 1 heterocycles. The van der Waals surface area contributed by atoms with Crippen molar-refractivity contribution in [2.75, 3.05) is 19.6 Å². The maximum atomic E-state index is 11.5. The maximum absolute atomic E-state index is 11.5. The average Bonchev–Trinajstić information content (AvgIpc) is 2.53. The fourth-order valence-corrected chi connectivity index (χ4v) is 2.79. The van der Waals surface area contributed by atoms with Gasteiger partial charge in [0.25, 0.3) is 10.2 Å². The second kappa shape index (κ2) is 4.54. The molecule has 0 aromatic carbocycles. The van der Waals surface area contributed by atoms with E-state index in [2.05, 4.69) is 27.2 Å². The van der Waals surface area contributed by atoms with Crippen molar-refractivity contribution in [3.05, 3.63) is 11.1 Å². The van der Waals surface area contributed by atoms with E-state index < -0.39 is 10.2 Å². The van der Waals surface area contributed by atoms with Gasteiger partial charge >= 0.3 is 0 Å². The fraction of sp³-hybridized carbons (Fsp3) is 0.714. The van der Waals surface area contributed by atoms with E-state index in [-0.39, 0.29) is 6.54 Å². The van der Waals surface area contributed by atoms with Gasteiger partial charge in [-0.25, -0.2) is 0 Å². The van der Waals surface area contributed by atoms with Crippen molar-refractivity contribution >= 4 is 26.1 Å². The summed E-state index contributed by atoms with van der Waals surface area (Å²) >= 11 is 3.10. The molecule has 0 unspecified atom stereocenters. The summed E-state index contributed by atoms with van der Waals surface area (Å²) in [6.45, 7) is 5.06. The molecule has 0 saturated carbocycles. The number of halogens is 1. The number of rotatable bonds is 4. The second-order valence-electron chi connectivity index (χ2n) is 2.95. The van der Waals surface area contributed by atoms with Gasteiger partial charge in [0, 0.05) is 24.1 Å². The van der Waals surface area contributed by atoms with Crippen LogP contribution in [0.25, 0.3) is 0 Å². The molecule has 0 radical (unpaired) electrons. The lowest BCUT2D eigenvalue weighted by Gasteiger charge is -2.15. The van der Waals surface area contributed by atoms with Crippen LogP contribution in [0.5, 0.6) is 0 Å². The smallest absolute Gasteiger partial charge is 0.197 e. The molecule has 13 heavy (non-hydrogen) atoms. The highest BCUT2D eigenvalue weighted by Crippen LogP contribution is 2.11. The van der Waals surface area contributed by atoms with Crippen LogP contribution in [0.15, 0.2) is 11.1 Å². The first-order valence-electron chi connectivity index (χ1n) is 4.10. The van der Waals surface area contributed by atoms with E-state index >= 15 is 0 Å². The van der Waals surface area contributed by atoms with Crippen LogP contribution in [-0.4, -0.2) is 32.4 Å². The lowest BCUT2D eigenvalue weighted by Crippen LogP contribution is -2.39. The van der Waals surface area contributed by atoms with Gasteiger partial charge in [-0.3, -0.25) is 0 Å². The van der Waals surface area contributed by atoms with Crippen molar-refractivity contribution in [2.45, 2.75) is 12.8 Å². The Kier molecular flexibility index (Phi) is 3.90. The third-order valence-electron chi connectivity index (χ3n) is 1.85. The molecular weight excluding hydrogens is 256 g/mol. The van der Waals surface area contributed by atoms with Gasteiger partial charge in [-0.15, -0.1) is 0 Å². The van der Waals surface area contributed by atoms with Crippen LogP contribution in [0.4, 0.5) is 0 Å². The van der Waals surface area contributed by atoms with Gasteiger partial charge in [0.1, 0.15) is 0 Å². The molecule has 1 aliphatic heterocycles. The Hall–Kier alpha value is 0.0900. The lowest BCUT2D eigenvalue weighted by atomic mass is 10.4. The summed E-state index contributed by atoms with van der Waals surface area (Å²) in [5.41, 5.74) is 0. The van der Waals surface area contributed by atoms with Crippen LogP contribution in [0.1, 0.15) is 12.8 Å². The third kappa shape index (κ3) is 3.38. The van der Waals surface area contributed by atoms with Gasteiger partial charge in [0.05, 0.1) is 0 Å². The first-order chi connectivity index (χ1) is 6.02. The Balaban J connectivity index is 2.50. The highest BCUT2D eigenvalue weighted by molar-refractivity contribution is 9.11. The van der Waals surface area contributed by atoms with Crippen molar-refractivity contribution < 1.29 is 8.42 Å². The van der Waals surface area contributed by atoms with Gasteiger partial charge in [0.15, 0.2) is 0 Å². The summed E-state index contributed by atoms with van der Waals surface area (Å²) < 4.78 is 27.5. The van der Waals surface area contributed by atoms with E-state index in [9.17, 15) is 8.42 Å². The van der Waals surface area contributed by atoms with Crippen molar-refractivity contribution in [3.63, 3.8) is 0 Å². The zero-order valence-corrected chi connectivity index (χ0v) is 9.70. The predicted octanol–water partition coefficient (Wildman–Crippen LogP) is 0.825. The summed E-state index contributed by atoms with van der Waals surface area (Å²) in [6, 6.07) is 0. The van der Waals surface area contributed by atoms with E-state index in [0.717, 1.165) is 12.8 Å². The van der Waals surface area contributed by atoms with E-state index in [4.69, 9.17) is 0 Å². The Morgan fingerprint density at radius 2 is 2.00 bits per heavy atom. The van der Waals surface area contributed by atoms with Crippen molar-refractivity contribution in [2.24, 2.45) is 0 Å². The van der Waals surface area contributed by atoms with E-state index in [0.29, 0.717) is 17.6 Å². The molecule has 0 bridgehead atoms. The van der Waals surface area contributed by atoms with Crippen molar-refractivity contribution in [3.8, 4) is 0 Å². The lowest BCUT2D eigenvalue weighted by molar-refractivity contribution is 0.467. The Bertz CT molecular complexity index is 283. The molecule has 1 fully saturated rings. The highest BCUT2D eigenvalue weighted by Gasteiger charge is 2.24. The largest absolute Gasteiger partial charge is 0.279 e. The van der Waals surface area contributed by atoms with Gasteiger partial charge in [0.2, 0.25) is 0 Å². The zero-order valence-electron chi connectivity index (χ0n) is 7.29. The second-order valence-corrected chi connectivity index (χ2v) is 5.83. The zero-order chi connectivity index (χ0) is 9.90. The molecule has 6 heteroatoms. The molecule has 0 amide bonds. The van der Waals surface area contributed by atoms with Gasteiger partial charge in [-0.1, -0.05) is 22.5 Å². The van der Waals surface area contributed by atoms with Crippen LogP contribution in [0.2, 0.25) is 0 Å². The quantitative estimate of drug-likeness (QED) is 0.821. The summed E-state index contributed by atoms with van der Waals surface area (Å²) in [4.78, 5) is 0. The number of hydrogen-bond acceptors (Lipinski definition) is 2. The summed E-state index contributed by atoms with van der Waals surface area (Å²) in [5.74, 6) is 0. The van der Waals surface area contributed by atoms with E-state index in [1.165, 1.54) is 4.31 Å². The molecular formula is C7H13BrN2O2S. The van der Waals surface area contributed by atoms with Crippen LogP contribution in [-0.2, 0) is 10.2 Å². The van der Waals surface area contributed by atoms with E-state index in [1.807, 2.05) is 0 Å². The minimum Gasteiger partial charge on any atom is -0.197 e. The number of nitrogens with one attached hydrogen (secondary N) is 1. The molecule has 0 spiro atoms. The van der Waals surface area contributed by atoms with Gasteiger partial charge in [-0.05, 0) is 12.8 Å². The average molecular weight is 269 g/mol. The molecule has 1 rings (SSSR count). The molecule has 0 aromatic heterocycles. The standard InChI is InChI=1S/C7H13BrN2O2S/c1-7(8)6-9-13(11,12)10-4-2-3-5-10/h9H,1-6H2. The molecule has 0 atom stereocenters. The normalized spacial score (nSPS) is 19.2. The molecule has 1 N–H and O–H groups in total. The van der Waals surface area contributed by atoms with Crippen LogP contribution < -0.4 is 4.72 Å². The predicted molar refractivity (Wildman–Crippen MR) is 55.8 cm³/mol. The van der Waals surface area contributed by atoms with Crippen molar-refractivity contribution in [1.82, 2.24) is 9.03 Å². The minimum atomic E-state index is -3.26. The third-order valence-corrected chi connectivity index (χ3v) is 3.69. The Labute approximate surface area is 87.3 Å². The summed E-state index contributed by atoms with van der Waals surface area (Å²) in [5, 5.41) is 0. The summed E-state index contributed by atoms with van der Waals surface area (Å²) in [6.07, 6.45) is 1.91. The summed E-state index contributed by atoms with van der Waals surface area (Å²) in [7, 11) is -3.26. The van der Waals surface area contributed by atoms with Gasteiger partial charge < -0.3 is 0 Å². The Morgan fingerprint density at radius 1 is 1.46 bits per heavy atom. The Morgan fingerprint density at radius 3 is 2.46 bits per heavy atom.